The molecule has 3 rings (SSSR count). The highest BCUT2D eigenvalue weighted by atomic mass is 35.5. The molecular weight excluding hydrogens is 453 g/mol. The number of amides is 1. The number of aromatic nitrogens is 1. The Morgan fingerprint density at radius 1 is 1.13 bits per heavy atom. The number of para-hydroxylation sites is 1. The zero-order valence-corrected chi connectivity index (χ0v) is 20.2. The van der Waals surface area contributed by atoms with Crippen LogP contribution in [0.1, 0.15) is 26.7 Å². The first-order chi connectivity index (χ1) is 15.0. The van der Waals surface area contributed by atoms with Crippen molar-refractivity contribution >= 4 is 56.0 Å². The Balaban J connectivity index is 1.66. The summed E-state index contributed by atoms with van der Waals surface area (Å²) >= 11 is 9.44. The third kappa shape index (κ3) is 6.65. The van der Waals surface area contributed by atoms with Crippen LogP contribution in [0.2, 0.25) is 5.02 Å². The summed E-state index contributed by atoms with van der Waals surface area (Å²) in [5.74, 6) is 0.633. The maximum absolute atomic E-state index is 13.1. The molecule has 0 atom stereocenters. The van der Waals surface area contributed by atoms with Crippen LogP contribution in [0.5, 0.6) is 0 Å². The third-order valence-corrected chi connectivity index (χ3v) is 7.49. The number of thioether (sulfide) groups is 1. The number of halogens is 2. The highest BCUT2D eigenvalue weighted by molar-refractivity contribution is 7.99. The van der Waals surface area contributed by atoms with Gasteiger partial charge in [0.05, 0.1) is 9.72 Å². The highest BCUT2D eigenvalue weighted by Crippen LogP contribution is 2.33. The summed E-state index contributed by atoms with van der Waals surface area (Å²) in [6.45, 7) is 7.53. The first-order valence-electron chi connectivity index (χ1n) is 10.5. The van der Waals surface area contributed by atoms with Gasteiger partial charge in [-0.1, -0.05) is 42.9 Å². The molecule has 1 heterocycles. The predicted molar refractivity (Wildman–Crippen MR) is 131 cm³/mol. The quantitative estimate of drug-likeness (QED) is 0.237. The summed E-state index contributed by atoms with van der Waals surface area (Å²) in [6, 6.07) is 12.2. The molecule has 8 heteroatoms. The summed E-state index contributed by atoms with van der Waals surface area (Å²) in [5, 5.41) is 1.30. The Morgan fingerprint density at radius 2 is 1.87 bits per heavy atom. The van der Waals surface area contributed by atoms with E-state index in [-0.39, 0.29) is 11.7 Å². The van der Waals surface area contributed by atoms with E-state index >= 15 is 0 Å². The van der Waals surface area contributed by atoms with Gasteiger partial charge in [0, 0.05) is 24.4 Å². The van der Waals surface area contributed by atoms with Crippen LogP contribution >= 0.6 is 34.7 Å². The molecule has 0 unspecified atom stereocenters. The second-order valence-electron chi connectivity index (χ2n) is 7.06. The maximum Gasteiger partial charge on any atom is 0.228 e. The summed E-state index contributed by atoms with van der Waals surface area (Å²) in [6.07, 6.45) is 1.18. The lowest BCUT2D eigenvalue weighted by atomic mass is 10.3. The minimum atomic E-state index is -0.237. The monoisotopic (exact) mass is 479 g/mol. The number of hydrogen-bond acceptors (Lipinski definition) is 5. The van der Waals surface area contributed by atoms with Gasteiger partial charge >= 0.3 is 0 Å². The molecule has 4 nitrogen and oxygen atoms in total. The van der Waals surface area contributed by atoms with Crippen LogP contribution in [0, 0.1) is 5.82 Å². The number of rotatable bonds is 11. The van der Waals surface area contributed by atoms with E-state index < -0.39 is 0 Å². The number of likely N-dealkylation sites (N-methyl/N-ethyl adjacent to an activating group) is 1. The standard InChI is InChI=1S/C23H27ClFN3OS2/c1-3-27(4-2)14-15-28(23-26-22-19(24)7-5-8-20(22)31-23)21(29)9-6-16-30-18-12-10-17(25)11-13-18/h5,7-8,10-13H,3-4,6,9,14-16H2,1-2H3. The fourth-order valence-electron chi connectivity index (χ4n) is 3.21. The molecular formula is C23H27ClFN3OS2. The molecule has 166 valence electrons. The Bertz CT molecular complexity index is 992. The van der Waals surface area contributed by atoms with Crippen molar-refractivity contribution in [1.82, 2.24) is 9.88 Å². The maximum atomic E-state index is 13.1. The minimum Gasteiger partial charge on any atom is -0.302 e. The first-order valence-corrected chi connectivity index (χ1v) is 12.7. The molecule has 31 heavy (non-hydrogen) atoms. The van der Waals surface area contributed by atoms with Gasteiger partial charge in [-0.05, 0) is 61.7 Å². The van der Waals surface area contributed by atoms with Crippen LogP contribution in [-0.2, 0) is 4.79 Å². The fraction of sp³-hybridized carbons (Fsp3) is 0.391. The molecule has 0 aliphatic carbocycles. The Kier molecular flexibility index (Phi) is 9.14. The van der Waals surface area contributed by atoms with Crippen molar-refractivity contribution in [3.8, 4) is 0 Å². The molecule has 2 aromatic carbocycles. The average molecular weight is 480 g/mol. The smallest absolute Gasteiger partial charge is 0.228 e. The van der Waals surface area contributed by atoms with E-state index in [9.17, 15) is 9.18 Å². The van der Waals surface area contributed by atoms with E-state index in [0.717, 1.165) is 46.9 Å². The zero-order valence-electron chi connectivity index (χ0n) is 17.8. The van der Waals surface area contributed by atoms with Crippen LogP contribution in [0.25, 0.3) is 10.2 Å². The molecule has 0 saturated carbocycles. The molecule has 0 spiro atoms. The Morgan fingerprint density at radius 3 is 2.55 bits per heavy atom. The van der Waals surface area contributed by atoms with Gasteiger partial charge in [0.15, 0.2) is 5.13 Å². The van der Waals surface area contributed by atoms with Gasteiger partial charge in [-0.2, -0.15) is 0 Å². The largest absolute Gasteiger partial charge is 0.302 e. The highest BCUT2D eigenvalue weighted by Gasteiger charge is 2.20. The van der Waals surface area contributed by atoms with Crippen molar-refractivity contribution in [3.05, 3.63) is 53.3 Å². The third-order valence-electron chi connectivity index (χ3n) is 5.04. The van der Waals surface area contributed by atoms with Gasteiger partial charge in [-0.3, -0.25) is 9.69 Å². The van der Waals surface area contributed by atoms with E-state index in [0.29, 0.717) is 23.1 Å². The molecule has 0 fully saturated rings. The van der Waals surface area contributed by atoms with E-state index in [2.05, 4.69) is 23.7 Å². The molecule has 0 bridgehead atoms. The number of nitrogens with zero attached hydrogens (tertiary/aromatic N) is 3. The molecule has 0 saturated heterocycles. The van der Waals surface area contributed by atoms with Gasteiger partial charge in [0.2, 0.25) is 5.91 Å². The van der Waals surface area contributed by atoms with Crippen LogP contribution in [0.4, 0.5) is 9.52 Å². The lowest BCUT2D eigenvalue weighted by Gasteiger charge is -2.24. The van der Waals surface area contributed by atoms with Crippen molar-refractivity contribution in [3.63, 3.8) is 0 Å². The summed E-state index contributed by atoms with van der Waals surface area (Å²) < 4.78 is 14.0. The van der Waals surface area contributed by atoms with Crippen molar-refractivity contribution in [2.24, 2.45) is 0 Å². The van der Waals surface area contributed by atoms with Crippen molar-refractivity contribution in [1.29, 1.82) is 0 Å². The molecule has 3 aromatic rings. The minimum absolute atomic E-state index is 0.0713. The molecule has 0 aliphatic heterocycles. The number of carbonyl (C=O) groups excluding carboxylic acids is 1. The zero-order chi connectivity index (χ0) is 22.2. The predicted octanol–water partition coefficient (Wildman–Crippen LogP) is 6.34. The van der Waals surface area contributed by atoms with Gasteiger partial charge in [-0.15, -0.1) is 11.8 Å². The average Bonchev–Trinajstić information content (AvgIpc) is 3.21. The SMILES string of the molecule is CCN(CC)CCN(C(=O)CCCSc1ccc(F)cc1)c1nc2c(Cl)cccc2s1. The number of anilines is 1. The van der Waals surface area contributed by atoms with Crippen molar-refractivity contribution in [2.45, 2.75) is 31.6 Å². The lowest BCUT2D eigenvalue weighted by molar-refractivity contribution is -0.118. The van der Waals surface area contributed by atoms with Gasteiger partial charge in [0.25, 0.3) is 0 Å². The van der Waals surface area contributed by atoms with Crippen molar-refractivity contribution < 1.29 is 9.18 Å². The summed E-state index contributed by atoms with van der Waals surface area (Å²) in [5.41, 5.74) is 0.747. The topological polar surface area (TPSA) is 36.4 Å². The van der Waals surface area contributed by atoms with Gasteiger partial charge in [-0.25, -0.2) is 9.37 Å². The van der Waals surface area contributed by atoms with Crippen LogP contribution in [0.3, 0.4) is 0 Å². The Labute approximate surface area is 196 Å². The number of hydrogen-bond donors (Lipinski definition) is 0. The second kappa shape index (κ2) is 11.8. The molecule has 0 N–H and O–H groups in total. The van der Waals surface area contributed by atoms with Gasteiger partial charge < -0.3 is 4.90 Å². The van der Waals surface area contributed by atoms with Crippen molar-refractivity contribution in [2.75, 3.05) is 36.8 Å². The number of fused-ring (bicyclic) bond motifs is 1. The van der Waals surface area contributed by atoms with Crippen LogP contribution in [-0.4, -0.2) is 47.7 Å². The lowest BCUT2D eigenvalue weighted by Crippen LogP contribution is -2.38. The fourth-order valence-corrected chi connectivity index (χ4v) is 5.37. The molecule has 1 aromatic heterocycles. The summed E-state index contributed by atoms with van der Waals surface area (Å²) in [4.78, 5) is 22.9. The summed E-state index contributed by atoms with van der Waals surface area (Å²) in [7, 11) is 0. The molecule has 0 radical (unpaired) electrons. The number of thiazole rings is 1. The van der Waals surface area contributed by atoms with E-state index in [4.69, 9.17) is 11.6 Å². The van der Waals surface area contributed by atoms with Crippen LogP contribution < -0.4 is 4.90 Å². The van der Waals surface area contributed by atoms with Crippen LogP contribution in [0.15, 0.2) is 47.4 Å². The normalized spacial score (nSPS) is 11.4. The second-order valence-corrected chi connectivity index (χ2v) is 9.65. The van der Waals surface area contributed by atoms with Gasteiger partial charge in [0.1, 0.15) is 11.3 Å². The molecule has 0 aliphatic rings. The van der Waals surface area contributed by atoms with E-state index in [1.165, 1.54) is 23.5 Å². The number of benzene rings is 2. The number of carbonyl (C=O) groups is 1. The molecule has 1 amide bonds. The van der Waals surface area contributed by atoms with E-state index in [1.807, 2.05) is 23.1 Å². The van der Waals surface area contributed by atoms with E-state index in [1.54, 1.807) is 23.9 Å². The first kappa shape index (κ1) is 24.0. The Hall–Kier alpha value is -1.67.